The monoisotopic (exact) mass is 1760 g/mol. The van der Waals surface area contributed by atoms with E-state index in [1.165, 1.54) is 22.3 Å². The normalized spacial score (nSPS) is 13.9. The Kier molecular flexibility index (Phi) is 57.0. The first kappa shape index (κ1) is 114. The van der Waals surface area contributed by atoms with Crippen molar-refractivity contribution >= 4 is 37.1 Å². The number of hydrogen-bond acceptors (Lipinski definition) is 16. The molecule has 0 spiro atoms. The van der Waals surface area contributed by atoms with Crippen LogP contribution in [0.2, 0.25) is 51.4 Å². The maximum Gasteiger partial charge on any atom is 0.311 e. The standard InChI is InChI=1S/C29H44O4.C22H52O4Si3.C21H28O2.C16H28O4.C14H22O2.CH4/c1-23(2)21-30-17-7-19-32-27-13-9-25(10-14-27)29(5,6)26-11-15-28(16-12-26)33-20-8-18-31-22-24(3)4;1-21(2,3)19-23-15-13-17-27(7,8)25-29(11,12)26-28(9,10)18-14-16-24-20-22(4,5)6;1-16(2)14-22-20-9-5-18(6-10-20)13-19-7-11-21(12-8-19)23-15-17(3)4;1-11(2)9-19-15(17)13-7-5-6-8-14(13)16(18)20-10-12(3)4;1-11(2)9-15-13-6-5-7-14(8-13)16-10-12(3)4;/h9-16,23-24H,7-8,17-22H2,1-6H3;13-20H2,1-12H3;5-12,16-17H,13-15H2,1-4H3;11-14H,5-10H2,1-4H3;5-8,11-12H,9-10H2,1-4H3;1H4. The molecule has 0 aliphatic heterocycles. The predicted octanol–water partition coefficient (Wildman–Crippen LogP) is 26.9. The minimum absolute atomic E-state index is 0. The van der Waals surface area contributed by atoms with Crippen molar-refractivity contribution in [2.75, 3.05) is 106 Å². The van der Waals surface area contributed by atoms with Crippen molar-refractivity contribution < 1.29 is 74.7 Å². The van der Waals surface area contributed by atoms with Gasteiger partial charge in [-0.1, -0.05) is 241 Å². The number of benzene rings is 5. The van der Waals surface area contributed by atoms with E-state index < -0.39 is 25.2 Å². The molecular weight excluding hydrogens is 1580 g/mol. The van der Waals surface area contributed by atoms with Gasteiger partial charge in [0, 0.05) is 64.0 Å². The molecule has 2 atom stereocenters. The summed E-state index contributed by atoms with van der Waals surface area (Å²) in [5, 5.41) is 0. The second-order valence-electron chi connectivity index (χ2n) is 40.9. The van der Waals surface area contributed by atoms with E-state index in [9.17, 15) is 9.59 Å². The van der Waals surface area contributed by atoms with E-state index in [1.807, 2.05) is 52.0 Å². The highest BCUT2D eigenvalue weighted by Crippen LogP contribution is 2.36. The first-order chi connectivity index (χ1) is 56.6. The van der Waals surface area contributed by atoms with Crippen molar-refractivity contribution in [3.63, 3.8) is 0 Å². The fourth-order valence-electron chi connectivity index (χ4n) is 12.6. The van der Waals surface area contributed by atoms with Crippen LogP contribution in [0.15, 0.2) is 121 Å². The SMILES string of the molecule is C.CC(C)(C)COCCC[Si](C)(C)O[Si](C)(C)O[Si](C)(C)CCCOCC(C)(C)C.CC(C)COC(=O)C1CCCCC1C(=O)OCC(C)C.CC(C)COCCCOc1ccc(C(C)(C)c2ccc(OCCCOCC(C)C)cc2)cc1.CC(C)COc1ccc(Cc2ccc(OCC(C)C)cc2)cc1.CC(C)COc1cccc(OCC(C)C)c1. The third-order valence-corrected chi connectivity index (χ3v) is 30.1. The molecule has 19 heteroatoms. The number of hydrogen-bond donors (Lipinski definition) is 0. The molecule has 0 saturated heterocycles. The Hall–Kier alpha value is -5.75. The number of carbonyl (C=O) groups excluding carboxylic acids is 2. The summed E-state index contributed by atoms with van der Waals surface area (Å²) in [4.78, 5) is 24.3. The summed E-state index contributed by atoms with van der Waals surface area (Å²) in [7, 11) is -5.62. The van der Waals surface area contributed by atoms with Crippen molar-refractivity contribution in [1.82, 2.24) is 0 Å². The van der Waals surface area contributed by atoms with Crippen LogP contribution in [0.4, 0.5) is 0 Å². The van der Waals surface area contributed by atoms with Gasteiger partial charge in [0.05, 0.1) is 77.9 Å². The second-order valence-corrected chi connectivity index (χ2v) is 53.3. The van der Waals surface area contributed by atoms with Crippen molar-refractivity contribution in [3.05, 3.63) is 144 Å². The second kappa shape index (κ2) is 60.8. The van der Waals surface area contributed by atoms with Crippen LogP contribution in [0.3, 0.4) is 0 Å². The van der Waals surface area contributed by atoms with E-state index in [-0.39, 0.29) is 47.4 Å². The summed E-state index contributed by atoms with van der Waals surface area (Å²) < 4.78 is 81.3. The largest absolute Gasteiger partial charge is 0.494 e. The lowest BCUT2D eigenvalue weighted by Gasteiger charge is -2.38. The third kappa shape index (κ3) is 57.8. The Labute approximate surface area is 749 Å². The molecule has 1 saturated carbocycles. The highest BCUT2D eigenvalue weighted by molar-refractivity contribution is 6.87. The van der Waals surface area contributed by atoms with Gasteiger partial charge in [-0.25, -0.2) is 0 Å². The molecule has 2 unspecified atom stereocenters. The van der Waals surface area contributed by atoms with Gasteiger partial charge >= 0.3 is 20.5 Å². The lowest BCUT2D eigenvalue weighted by Crippen LogP contribution is -2.52. The Balaban J connectivity index is 0.000000776. The number of rotatable bonds is 50. The quantitative estimate of drug-likeness (QED) is 0.0205. The van der Waals surface area contributed by atoms with E-state index in [0.29, 0.717) is 73.8 Å². The molecule has 0 aromatic heterocycles. The van der Waals surface area contributed by atoms with Crippen LogP contribution in [-0.4, -0.2) is 143 Å². The molecule has 0 amide bonds. The van der Waals surface area contributed by atoms with Gasteiger partial charge in [-0.3, -0.25) is 9.59 Å². The minimum atomic E-state index is -2.13. The summed E-state index contributed by atoms with van der Waals surface area (Å²) >= 11 is 0. The van der Waals surface area contributed by atoms with Crippen LogP contribution in [0.5, 0.6) is 34.5 Å². The number of esters is 2. The Morgan fingerprint density at radius 2 is 0.631 bits per heavy atom. The fourth-order valence-corrected chi connectivity index (χ4v) is 26.6. The molecule has 16 nitrogen and oxygen atoms in total. The molecule has 0 radical (unpaired) electrons. The molecular formula is C103H178O16Si3. The van der Waals surface area contributed by atoms with Crippen LogP contribution < -0.4 is 28.4 Å². The highest BCUT2D eigenvalue weighted by Gasteiger charge is 2.40. The molecule has 122 heavy (non-hydrogen) atoms. The summed E-state index contributed by atoms with van der Waals surface area (Å²) in [6, 6.07) is 43.7. The van der Waals surface area contributed by atoms with Crippen LogP contribution in [0, 0.1) is 70.0 Å². The van der Waals surface area contributed by atoms with Crippen LogP contribution in [0.1, 0.15) is 247 Å². The molecule has 5 aromatic rings. The maximum atomic E-state index is 12.1. The topological polar surface area (TPSA) is 163 Å². The average molecular weight is 1760 g/mol. The maximum absolute atomic E-state index is 12.1. The number of carbonyl (C=O) groups is 2. The zero-order valence-corrected chi connectivity index (χ0v) is 84.9. The summed E-state index contributed by atoms with van der Waals surface area (Å²) in [6.07, 6.45) is 8.31. The van der Waals surface area contributed by atoms with Gasteiger partial charge in [0.2, 0.25) is 0 Å². The first-order valence-corrected chi connectivity index (χ1v) is 55.0. The van der Waals surface area contributed by atoms with Gasteiger partial charge in [0.25, 0.3) is 0 Å². The average Bonchev–Trinajstić information content (AvgIpc) is 0.795. The van der Waals surface area contributed by atoms with E-state index >= 15 is 0 Å². The zero-order chi connectivity index (χ0) is 90.8. The molecule has 1 aliphatic rings. The van der Waals surface area contributed by atoms with Crippen LogP contribution in [0.25, 0.3) is 0 Å². The lowest BCUT2D eigenvalue weighted by molar-refractivity contribution is -0.164. The highest BCUT2D eigenvalue weighted by atomic mass is 28.5. The van der Waals surface area contributed by atoms with Crippen molar-refractivity contribution in [2.24, 2.45) is 70.0 Å². The molecule has 1 fully saturated rings. The van der Waals surface area contributed by atoms with Crippen molar-refractivity contribution in [2.45, 2.75) is 288 Å². The van der Waals surface area contributed by atoms with Crippen molar-refractivity contribution in [1.29, 1.82) is 0 Å². The molecule has 0 bridgehead atoms. The first-order valence-electron chi connectivity index (χ1n) is 45.9. The van der Waals surface area contributed by atoms with Crippen LogP contribution in [-0.2, 0) is 58.1 Å². The Morgan fingerprint density at radius 3 is 0.934 bits per heavy atom. The van der Waals surface area contributed by atoms with Crippen molar-refractivity contribution in [3.8, 4) is 34.5 Å². The molecule has 698 valence electrons. The Bertz CT molecular complexity index is 3230. The summed E-state index contributed by atoms with van der Waals surface area (Å²) in [6.45, 7) is 76.9. The number of ether oxygens (including phenoxy) is 12. The van der Waals surface area contributed by atoms with E-state index in [4.69, 9.17) is 65.1 Å². The predicted molar refractivity (Wildman–Crippen MR) is 518 cm³/mol. The van der Waals surface area contributed by atoms with Gasteiger partial charge < -0.3 is 65.1 Å². The minimum Gasteiger partial charge on any atom is -0.494 e. The van der Waals surface area contributed by atoms with Gasteiger partial charge in [-0.05, 0) is 225 Å². The zero-order valence-electron chi connectivity index (χ0n) is 81.9. The smallest absolute Gasteiger partial charge is 0.311 e. The van der Waals surface area contributed by atoms with Gasteiger partial charge in [-0.2, -0.15) is 0 Å². The molecule has 0 heterocycles. The molecule has 0 N–H and O–H groups in total. The molecule has 6 rings (SSSR count). The van der Waals surface area contributed by atoms with Gasteiger partial charge in [-0.15, -0.1) is 0 Å². The third-order valence-electron chi connectivity index (χ3n) is 18.6. The lowest BCUT2D eigenvalue weighted by atomic mass is 9.78. The summed E-state index contributed by atoms with van der Waals surface area (Å²) in [5.74, 6) is 8.32. The summed E-state index contributed by atoms with van der Waals surface area (Å²) in [5.41, 5.74) is 5.46. The van der Waals surface area contributed by atoms with Gasteiger partial charge in [0.1, 0.15) is 34.5 Å². The van der Waals surface area contributed by atoms with E-state index in [2.05, 4.69) is 275 Å². The fraction of sp³-hybridized carbons (Fsp3) is 0.689. The Morgan fingerprint density at radius 1 is 0.344 bits per heavy atom. The molecule has 5 aromatic carbocycles. The molecule has 1 aliphatic carbocycles. The van der Waals surface area contributed by atoms with Crippen LogP contribution >= 0.6 is 0 Å². The van der Waals surface area contributed by atoms with Gasteiger partial charge in [0.15, 0.2) is 16.6 Å². The van der Waals surface area contributed by atoms with E-state index in [1.54, 1.807) is 0 Å². The van der Waals surface area contributed by atoms with E-state index in [0.717, 1.165) is 184 Å².